The molecular formula is C22H32O2. The van der Waals surface area contributed by atoms with Crippen LogP contribution in [0, 0.1) is 40.4 Å². The average molecular weight is 328 g/mol. The average Bonchev–Trinajstić information content (AvgIpc) is 3.19. The number of carbonyl (C=O) groups is 1. The van der Waals surface area contributed by atoms with Crippen molar-refractivity contribution in [1.29, 1.82) is 0 Å². The summed E-state index contributed by atoms with van der Waals surface area (Å²) in [6, 6.07) is 0. The molecular weight excluding hydrogens is 296 g/mol. The molecule has 0 radical (unpaired) electrons. The van der Waals surface area contributed by atoms with E-state index in [0.29, 0.717) is 23.2 Å². The largest absolute Gasteiger partial charge is 0.396 e. The molecule has 1 spiro atoms. The van der Waals surface area contributed by atoms with E-state index in [2.05, 4.69) is 13.8 Å². The van der Waals surface area contributed by atoms with Crippen LogP contribution in [0.5, 0.6) is 0 Å². The fourth-order valence-corrected chi connectivity index (χ4v) is 8.49. The Balaban J connectivity index is 1.53. The molecule has 3 saturated carbocycles. The third kappa shape index (κ3) is 1.74. The molecule has 0 saturated heterocycles. The molecule has 0 unspecified atom stereocenters. The van der Waals surface area contributed by atoms with Crippen LogP contribution < -0.4 is 0 Å². The van der Waals surface area contributed by atoms with E-state index in [-0.39, 0.29) is 0 Å². The van der Waals surface area contributed by atoms with Gasteiger partial charge in [0.25, 0.3) is 0 Å². The van der Waals surface area contributed by atoms with Crippen molar-refractivity contribution in [3.8, 4) is 0 Å². The summed E-state index contributed by atoms with van der Waals surface area (Å²) in [5.74, 6) is 4.54. The minimum atomic E-state index is 0.365. The van der Waals surface area contributed by atoms with Gasteiger partial charge in [0, 0.05) is 19.4 Å². The second-order valence-corrected chi connectivity index (χ2v) is 10.0. The monoisotopic (exact) mass is 328 g/mol. The molecule has 0 heterocycles. The molecule has 5 aliphatic carbocycles. The molecule has 0 aromatic heterocycles. The van der Waals surface area contributed by atoms with Crippen LogP contribution in [0.25, 0.3) is 0 Å². The van der Waals surface area contributed by atoms with E-state index in [0.717, 1.165) is 55.3 Å². The van der Waals surface area contributed by atoms with E-state index in [1.165, 1.54) is 32.1 Å². The Hall–Kier alpha value is -0.630. The van der Waals surface area contributed by atoms with Crippen LogP contribution in [0.3, 0.4) is 0 Å². The molecule has 0 aliphatic heterocycles. The fourth-order valence-electron chi connectivity index (χ4n) is 8.49. The van der Waals surface area contributed by atoms with Crippen LogP contribution in [0.2, 0.25) is 0 Å². The number of rotatable bonds is 2. The molecule has 7 atom stereocenters. The number of hydrogen-bond acceptors (Lipinski definition) is 2. The summed E-state index contributed by atoms with van der Waals surface area (Å²) in [7, 11) is 0. The van der Waals surface area contributed by atoms with Crippen LogP contribution in [-0.4, -0.2) is 17.5 Å². The molecule has 5 aliphatic rings. The predicted molar refractivity (Wildman–Crippen MR) is 94.3 cm³/mol. The zero-order valence-electron chi connectivity index (χ0n) is 15.3. The van der Waals surface area contributed by atoms with Gasteiger partial charge in [0.2, 0.25) is 0 Å². The van der Waals surface area contributed by atoms with Gasteiger partial charge in [-0.25, -0.2) is 0 Å². The normalized spacial score (nSPS) is 52.5. The van der Waals surface area contributed by atoms with E-state index >= 15 is 0 Å². The summed E-state index contributed by atoms with van der Waals surface area (Å²) in [4.78, 5) is 11.9. The summed E-state index contributed by atoms with van der Waals surface area (Å²) in [5.41, 5.74) is 4.32. The maximum atomic E-state index is 11.9. The van der Waals surface area contributed by atoms with Crippen molar-refractivity contribution >= 4 is 5.78 Å². The number of aliphatic hydroxyl groups excluding tert-OH is 1. The molecule has 2 nitrogen and oxygen atoms in total. The Bertz CT molecular complexity index is 619. The molecule has 0 bridgehead atoms. The van der Waals surface area contributed by atoms with Gasteiger partial charge in [-0.15, -0.1) is 0 Å². The molecule has 5 rings (SSSR count). The van der Waals surface area contributed by atoms with Gasteiger partial charge < -0.3 is 5.11 Å². The van der Waals surface area contributed by atoms with Crippen molar-refractivity contribution < 1.29 is 9.90 Å². The summed E-state index contributed by atoms with van der Waals surface area (Å²) in [6.07, 6.45) is 10.4. The van der Waals surface area contributed by atoms with E-state index < -0.39 is 0 Å². The van der Waals surface area contributed by atoms with E-state index in [9.17, 15) is 9.90 Å². The maximum Gasteiger partial charge on any atom is 0.137 e. The van der Waals surface area contributed by atoms with Gasteiger partial charge in [0.15, 0.2) is 0 Å². The Kier molecular flexibility index (Phi) is 3.23. The standard InChI is InChI=1S/C22H32O2/c1-13-9-14-10-17(24)3-4-18(14)19-5-7-21(2)15(6-8-23)11-16-12-22(16,21)20(13)19/h13,15-16,19-20,23H,3-12H2,1-2H3/t13-,15-,16+,19-,20-,21-,22-/m1/s1. The molecule has 0 aromatic rings. The predicted octanol–water partition coefficient (Wildman–Crippen LogP) is 4.52. The first-order valence-corrected chi connectivity index (χ1v) is 10.3. The lowest BCUT2D eigenvalue weighted by molar-refractivity contribution is -0.119. The second-order valence-electron chi connectivity index (χ2n) is 10.0. The third-order valence-electron chi connectivity index (χ3n) is 9.33. The molecule has 24 heavy (non-hydrogen) atoms. The van der Waals surface area contributed by atoms with Crippen molar-refractivity contribution in [2.45, 2.75) is 71.6 Å². The number of ketones is 1. The maximum absolute atomic E-state index is 11.9. The second kappa shape index (κ2) is 4.96. The van der Waals surface area contributed by atoms with Crippen LogP contribution in [-0.2, 0) is 4.79 Å². The van der Waals surface area contributed by atoms with Crippen LogP contribution in [0.15, 0.2) is 11.1 Å². The van der Waals surface area contributed by atoms with Crippen LogP contribution in [0.4, 0.5) is 0 Å². The zero-order chi connectivity index (χ0) is 16.7. The van der Waals surface area contributed by atoms with Gasteiger partial charge >= 0.3 is 0 Å². The minimum absolute atomic E-state index is 0.365. The quantitative estimate of drug-likeness (QED) is 0.757. The Labute approximate surface area is 146 Å². The number of allylic oxidation sites excluding steroid dienone is 2. The summed E-state index contributed by atoms with van der Waals surface area (Å²) < 4.78 is 0. The first kappa shape index (κ1) is 15.6. The molecule has 0 amide bonds. The lowest BCUT2D eigenvalue weighted by atomic mass is 9.48. The van der Waals surface area contributed by atoms with Crippen LogP contribution in [0.1, 0.15) is 71.6 Å². The summed E-state index contributed by atoms with van der Waals surface area (Å²) in [6.45, 7) is 5.43. The first-order valence-electron chi connectivity index (χ1n) is 10.3. The van der Waals surface area contributed by atoms with Gasteiger partial charge in [-0.2, -0.15) is 0 Å². The number of carbonyl (C=O) groups excluding carboxylic acids is 1. The lowest BCUT2D eigenvalue weighted by Crippen LogP contribution is -2.50. The minimum Gasteiger partial charge on any atom is -0.396 e. The van der Waals surface area contributed by atoms with Crippen molar-refractivity contribution in [3.05, 3.63) is 11.1 Å². The van der Waals surface area contributed by atoms with Crippen molar-refractivity contribution in [1.82, 2.24) is 0 Å². The number of Topliss-reactive ketones (excluding diaryl/α,β-unsaturated/α-hetero) is 1. The van der Waals surface area contributed by atoms with Gasteiger partial charge in [-0.1, -0.05) is 25.0 Å². The molecule has 2 heteroatoms. The topological polar surface area (TPSA) is 37.3 Å². The van der Waals surface area contributed by atoms with Crippen molar-refractivity contribution in [3.63, 3.8) is 0 Å². The number of hydrogen-bond donors (Lipinski definition) is 1. The Morgan fingerprint density at radius 2 is 2.12 bits per heavy atom. The van der Waals surface area contributed by atoms with Gasteiger partial charge in [-0.05, 0) is 85.4 Å². The van der Waals surface area contributed by atoms with E-state index in [4.69, 9.17) is 0 Å². The van der Waals surface area contributed by atoms with E-state index in [1.54, 1.807) is 11.1 Å². The Morgan fingerprint density at radius 1 is 1.29 bits per heavy atom. The Morgan fingerprint density at radius 3 is 2.92 bits per heavy atom. The summed E-state index contributed by atoms with van der Waals surface area (Å²) >= 11 is 0. The highest BCUT2D eigenvalue weighted by molar-refractivity contribution is 5.82. The van der Waals surface area contributed by atoms with Gasteiger partial charge in [-0.3, -0.25) is 4.79 Å². The molecule has 3 fully saturated rings. The lowest BCUT2D eigenvalue weighted by Gasteiger charge is -2.57. The van der Waals surface area contributed by atoms with Crippen molar-refractivity contribution in [2.24, 2.45) is 40.4 Å². The van der Waals surface area contributed by atoms with Crippen molar-refractivity contribution in [2.75, 3.05) is 6.61 Å². The highest BCUT2D eigenvalue weighted by atomic mass is 16.3. The van der Waals surface area contributed by atoms with Gasteiger partial charge in [0.1, 0.15) is 5.78 Å². The number of fused-ring (bicyclic) bond motifs is 2. The molecule has 1 N–H and O–H groups in total. The summed E-state index contributed by atoms with van der Waals surface area (Å²) in [5, 5.41) is 9.55. The smallest absolute Gasteiger partial charge is 0.137 e. The number of aliphatic hydroxyl groups is 1. The first-order chi connectivity index (χ1) is 11.5. The molecule has 0 aromatic carbocycles. The highest BCUT2D eigenvalue weighted by Crippen LogP contribution is 2.83. The SMILES string of the molecule is C[C@@H]1CC2=C(CCC(=O)C2)[C@H]2CC[C@]3(C)[C@H](CCO)C[C@H]4C[C@]43[C@H]12. The molecule has 132 valence electrons. The fraction of sp³-hybridized carbons (Fsp3) is 0.864. The van der Waals surface area contributed by atoms with E-state index in [1.807, 2.05) is 0 Å². The highest BCUT2D eigenvalue weighted by Gasteiger charge is 2.77. The van der Waals surface area contributed by atoms with Crippen LogP contribution >= 0.6 is 0 Å². The third-order valence-corrected chi connectivity index (χ3v) is 9.33. The van der Waals surface area contributed by atoms with Gasteiger partial charge in [0.05, 0.1) is 0 Å². The zero-order valence-corrected chi connectivity index (χ0v) is 15.3.